The lowest BCUT2D eigenvalue weighted by molar-refractivity contribution is 0.232. The summed E-state index contributed by atoms with van der Waals surface area (Å²) in [6.45, 7) is 8.16. The lowest BCUT2D eigenvalue weighted by Crippen LogP contribution is -2.12. The third kappa shape index (κ3) is 3.70. The van der Waals surface area contributed by atoms with Crippen LogP contribution in [0, 0.1) is 6.92 Å². The minimum Gasteiger partial charge on any atom is -0.475 e. The minimum absolute atomic E-state index is 0.103. The Balaban J connectivity index is 2.12. The Labute approximate surface area is 120 Å². The summed E-state index contributed by atoms with van der Waals surface area (Å²) in [5, 5.41) is 3.31. The van der Waals surface area contributed by atoms with Crippen LogP contribution in [0.15, 0.2) is 36.5 Å². The van der Waals surface area contributed by atoms with Crippen LogP contribution in [-0.2, 0) is 0 Å². The van der Waals surface area contributed by atoms with Gasteiger partial charge < -0.3 is 10.1 Å². The number of benzene rings is 1. The van der Waals surface area contributed by atoms with Gasteiger partial charge in [0.15, 0.2) is 0 Å². The summed E-state index contributed by atoms with van der Waals surface area (Å²) < 4.78 is 5.57. The average Bonchev–Trinajstić information content (AvgIpc) is 2.38. The van der Waals surface area contributed by atoms with Crippen molar-refractivity contribution in [1.29, 1.82) is 0 Å². The van der Waals surface area contributed by atoms with Crippen molar-refractivity contribution in [1.82, 2.24) is 9.97 Å². The second kappa shape index (κ2) is 6.37. The zero-order valence-electron chi connectivity index (χ0n) is 12.4. The Morgan fingerprint density at radius 3 is 2.55 bits per heavy atom. The van der Waals surface area contributed by atoms with Gasteiger partial charge in [-0.3, -0.25) is 0 Å². The predicted octanol–water partition coefficient (Wildman–Crippen LogP) is 3.75. The van der Waals surface area contributed by atoms with Crippen LogP contribution in [0.4, 0.5) is 5.95 Å². The van der Waals surface area contributed by atoms with Crippen LogP contribution in [-0.4, -0.2) is 16.1 Å². The fourth-order valence-electron chi connectivity index (χ4n) is 2.06. The number of rotatable bonds is 5. The van der Waals surface area contributed by atoms with Gasteiger partial charge in [0.2, 0.25) is 11.8 Å². The van der Waals surface area contributed by atoms with Crippen molar-refractivity contribution in [2.75, 3.05) is 5.32 Å². The van der Waals surface area contributed by atoms with Gasteiger partial charge in [-0.1, -0.05) is 24.3 Å². The van der Waals surface area contributed by atoms with Gasteiger partial charge in [-0.25, -0.2) is 4.98 Å². The molecule has 20 heavy (non-hydrogen) atoms. The molecule has 0 radical (unpaired) electrons. The van der Waals surface area contributed by atoms with E-state index >= 15 is 0 Å². The summed E-state index contributed by atoms with van der Waals surface area (Å²) in [5.41, 5.74) is 2.49. The van der Waals surface area contributed by atoms with Crippen LogP contribution >= 0.6 is 0 Å². The van der Waals surface area contributed by atoms with Crippen LogP contribution < -0.4 is 10.1 Å². The highest BCUT2D eigenvalue weighted by Crippen LogP contribution is 2.21. The molecule has 1 aromatic heterocycles. The molecule has 0 aliphatic rings. The Kier molecular flexibility index (Phi) is 4.56. The SMILES string of the molecule is Cc1ccccc1C(C)Nc1nccc(OC(C)C)n1. The first kappa shape index (κ1) is 14.3. The fraction of sp³-hybridized carbons (Fsp3) is 0.375. The maximum atomic E-state index is 5.57. The normalized spacial score (nSPS) is 12.2. The highest BCUT2D eigenvalue weighted by molar-refractivity contribution is 5.36. The minimum atomic E-state index is 0.103. The van der Waals surface area contributed by atoms with Crippen LogP contribution in [0.1, 0.15) is 37.9 Å². The lowest BCUT2D eigenvalue weighted by atomic mass is 10.0. The summed E-state index contributed by atoms with van der Waals surface area (Å²) in [4.78, 5) is 8.60. The second-order valence-electron chi connectivity index (χ2n) is 5.11. The molecule has 4 nitrogen and oxygen atoms in total. The smallest absolute Gasteiger partial charge is 0.226 e. The number of ether oxygens (including phenoxy) is 1. The molecule has 0 amide bonds. The lowest BCUT2D eigenvalue weighted by Gasteiger charge is -2.17. The summed E-state index contributed by atoms with van der Waals surface area (Å²) in [7, 11) is 0. The molecule has 0 aliphatic heterocycles. The molecule has 1 aromatic carbocycles. The maximum Gasteiger partial charge on any atom is 0.226 e. The van der Waals surface area contributed by atoms with Gasteiger partial charge in [0.1, 0.15) is 0 Å². The highest BCUT2D eigenvalue weighted by atomic mass is 16.5. The van der Waals surface area contributed by atoms with Gasteiger partial charge in [-0.15, -0.1) is 0 Å². The summed E-state index contributed by atoms with van der Waals surface area (Å²) in [5.74, 6) is 1.17. The van der Waals surface area contributed by atoms with Gasteiger partial charge >= 0.3 is 0 Å². The molecule has 1 unspecified atom stereocenters. The number of aromatic nitrogens is 2. The number of hydrogen-bond donors (Lipinski definition) is 1. The Morgan fingerprint density at radius 2 is 1.85 bits per heavy atom. The fourth-order valence-corrected chi connectivity index (χ4v) is 2.06. The number of anilines is 1. The van der Waals surface area contributed by atoms with E-state index in [4.69, 9.17) is 4.74 Å². The average molecular weight is 271 g/mol. The molecule has 0 saturated heterocycles. The highest BCUT2D eigenvalue weighted by Gasteiger charge is 2.10. The van der Waals surface area contributed by atoms with Crippen molar-refractivity contribution >= 4 is 5.95 Å². The Bertz CT molecular complexity index is 569. The molecule has 1 heterocycles. The van der Waals surface area contributed by atoms with Crippen molar-refractivity contribution in [3.05, 3.63) is 47.7 Å². The monoisotopic (exact) mass is 271 g/mol. The molecule has 0 spiro atoms. The topological polar surface area (TPSA) is 47.0 Å². The van der Waals surface area contributed by atoms with Crippen molar-refractivity contribution in [3.8, 4) is 5.88 Å². The van der Waals surface area contributed by atoms with Gasteiger partial charge in [-0.2, -0.15) is 4.98 Å². The van der Waals surface area contributed by atoms with Crippen molar-refractivity contribution in [3.63, 3.8) is 0 Å². The van der Waals surface area contributed by atoms with Crippen LogP contribution in [0.3, 0.4) is 0 Å². The van der Waals surface area contributed by atoms with E-state index in [9.17, 15) is 0 Å². The van der Waals surface area contributed by atoms with Crippen LogP contribution in [0.25, 0.3) is 0 Å². The van der Waals surface area contributed by atoms with E-state index in [-0.39, 0.29) is 12.1 Å². The zero-order chi connectivity index (χ0) is 14.5. The summed E-state index contributed by atoms with van der Waals surface area (Å²) >= 11 is 0. The third-order valence-electron chi connectivity index (χ3n) is 2.99. The first-order chi connectivity index (χ1) is 9.56. The van der Waals surface area contributed by atoms with Crippen molar-refractivity contribution < 1.29 is 4.74 Å². The van der Waals surface area contributed by atoms with Crippen molar-refractivity contribution in [2.24, 2.45) is 0 Å². The molecule has 0 bridgehead atoms. The molecule has 1 atom stereocenters. The van der Waals surface area contributed by atoms with E-state index in [2.05, 4.69) is 41.3 Å². The van der Waals surface area contributed by atoms with E-state index in [1.807, 2.05) is 26.0 Å². The molecular formula is C16H21N3O. The van der Waals surface area contributed by atoms with E-state index in [0.717, 1.165) is 0 Å². The summed E-state index contributed by atoms with van der Waals surface area (Å²) in [6, 6.07) is 10.2. The maximum absolute atomic E-state index is 5.57. The Hall–Kier alpha value is -2.10. The van der Waals surface area contributed by atoms with Gasteiger partial charge in [0, 0.05) is 12.3 Å². The van der Waals surface area contributed by atoms with E-state index in [1.54, 1.807) is 12.3 Å². The zero-order valence-corrected chi connectivity index (χ0v) is 12.4. The third-order valence-corrected chi connectivity index (χ3v) is 2.99. The second-order valence-corrected chi connectivity index (χ2v) is 5.11. The standard InChI is InChI=1S/C16H21N3O/c1-11(2)20-15-9-10-17-16(19-15)18-13(4)14-8-6-5-7-12(14)3/h5-11,13H,1-4H3,(H,17,18,19). The number of aryl methyl sites for hydroxylation is 1. The summed E-state index contributed by atoms with van der Waals surface area (Å²) in [6.07, 6.45) is 1.81. The van der Waals surface area contributed by atoms with Crippen LogP contribution in [0.2, 0.25) is 0 Å². The largest absolute Gasteiger partial charge is 0.475 e. The molecule has 4 heteroatoms. The number of nitrogens with one attached hydrogen (secondary N) is 1. The molecular weight excluding hydrogens is 250 g/mol. The molecule has 1 N–H and O–H groups in total. The molecule has 106 valence electrons. The first-order valence-corrected chi connectivity index (χ1v) is 6.88. The molecule has 2 rings (SSSR count). The molecule has 0 saturated carbocycles. The van der Waals surface area contributed by atoms with Gasteiger partial charge in [-0.05, 0) is 38.8 Å². The van der Waals surface area contributed by atoms with Gasteiger partial charge in [0.05, 0.1) is 12.1 Å². The van der Waals surface area contributed by atoms with E-state index < -0.39 is 0 Å². The quantitative estimate of drug-likeness (QED) is 0.899. The molecule has 2 aromatic rings. The van der Waals surface area contributed by atoms with Crippen molar-refractivity contribution in [2.45, 2.75) is 39.8 Å². The van der Waals surface area contributed by atoms with E-state index in [1.165, 1.54) is 11.1 Å². The predicted molar refractivity (Wildman–Crippen MR) is 81.0 cm³/mol. The van der Waals surface area contributed by atoms with E-state index in [0.29, 0.717) is 11.8 Å². The number of nitrogens with zero attached hydrogens (tertiary/aromatic N) is 2. The number of hydrogen-bond acceptors (Lipinski definition) is 4. The first-order valence-electron chi connectivity index (χ1n) is 6.88. The van der Waals surface area contributed by atoms with Crippen LogP contribution in [0.5, 0.6) is 5.88 Å². The molecule has 0 fully saturated rings. The molecule has 0 aliphatic carbocycles. The van der Waals surface area contributed by atoms with Gasteiger partial charge in [0.25, 0.3) is 0 Å². The Morgan fingerprint density at radius 1 is 1.10 bits per heavy atom.